The van der Waals surface area contributed by atoms with E-state index in [4.69, 9.17) is 4.74 Å². The van der Waals surface area contributed by atoms with Crippen molar-refractivity contribution in [3.05, 3.63) is 68.1 Å². The van der Waals surface area contributed by atoms with Crippen molar-refractivity contribution in [3.63, 3.8) is 0 Å². The Bertz CT molecular complexity index is 1080. The van der Waals surface area contributed by atoms with Gasteiger partial charge in [-0.1, -0.05) is 6.07 Å². The van der Waals surface area contributed by atoms with Crippen LogP contribution in [0.2, 0.25) is 0 Å². The summed E-state index contributed by atoms with van der Waals surface area (Å²) in [6.45, 7) is 1.24. The van der Waals surface area contributed by atoms with Gasteiger partial charge in [-0.2, -0.15) is 0 Å². The summed E-state index contributed by atoms with van der Waals surface area (Å²) in [5.74, 6) is -0.407. The smallest absolute Gasteiger partial charge is 0.311 e. The molecule has 2 bridgehead atoms. The second kappa shape index (κ2) is 6.43. The number of aromatic nitrogens is 1. The fourth-order valence-electron chi connectivity index (χ4n) is 5.58. The van der Waals surface area contributed by atoms with Gasteiger partial charge >= 0.3 is 5.97 Å². The molecule has 5 rings (SSSR count). The number of rotatable bonds is 2. The lowest BCUT2D eigenvalue weighted by atomic mass is 9.70. The molecule has 3 aliphatic heterocycles. The summed E-state index contributed by atoms with van der Waals surface area (Å²) < 4.78 is 6.94. The molecule has 2 aromatic rings. The summed E-state index contributed by atoms with van der Waals surface area (Å²) in [6.07, 6.45) is 1.32. The number of benzene rings is 1. The SMILES string of the molecule is COC(=O)[C@H]1Cc2cc([N+](=O)[O-])ccc2N2C[C@H]3C[C@@H](Cn4c3cccc4=O)[C@H]12. The third kappa shape index (κ3) is 2.66. The number of anilines is 1. The van der Waals surface area contributed by atoms with Crippen LogP contribution in [0.25, 0.3) is 0 Å². The number of piperidine rings is 1. The lowest BCUT2D eigenvalue weighted by molar-refractivity contribution is -0.384. The average Bonchev–Trinajstić information content (AvgIpc) is 2.73. The van der Waals surface area contributed by atoms with Gasteiger partial charge in [-0.3, -0.25) is 19.7 Å². The maximum absolute atomic E-state index is 12.7. The number of nitro benzene ring substituents is 1. The van der Waals surface area contributed by atoms with E-state index in [1.165, 1.54) is 13.2 Å². The van der Waals surface area contributed by atoms with Crippen molar-refractivity contribution in [3.8, 4) is 0 Å². The van der Waals surface area contributed by atoms with Gasteiger partial charge in [0.05, 0.1) is 18.0 Å². The van der Waals surface area contributed by atoms with Crippen molar-refractivity contribution < 1.29 is 14.5 Å². The van der Waals surface area contributed by atoms with Crippen LogP contribution in [0.4, 0.5) is 11.4 Å². The van der Waals surface area contributed by atoms with Crippen molar-refractivity contribution in [1.82, 2.24) is 4.57 Å². The highest BCUT2D eigenvalue weighted by Crippen LogP contribution is 2.47. The van der Waals surface area contributed by atoms with Crippen LogP contribution in [-0.2, 0) is 22.5 Å². The number of non-ortho nitro benzene ring substituents is 1. The van der Waals surface area contributed by atoms with Crippen molar-refractivity contribution in [2.24, 2.45) is 11.8 Å². The van der Waals surface area contributed by atoms with E-state index in [9.17, 15) is 19.7 Å². The predicted molar refractivity (Wildman–Crippen MR) is 105 cm³/mol. The molecule has 0 N–H and O–H groups in total. The van der Waals surface area contributed by atoms with Crippen molar-refractivity contribution >= 4 is 17.3 Å². The molecule has 8 nitrogen and oxygen atoms in total. The molecule has 0 aliphatic carbocycles. The highest BCUT2D eigenvalue weighted by atomic mass is 16.6. The summed E-state index contributed by atoms with van der Waals surface area (Å²) in [6, 6.07) is 10.2. The highest BCUT2D eigenvalue weighted by molar-refractivity contribution is 5.77. The maximum Gasteiger partial charge on any atom is 0.311 e. The summed E-state index contributed by atoms with van der Waals surface area (Å²) in [5.41, 5.74) is 2.79. The fourth-order valence-corrected chi connectivity index (χ4v) is 5.58. The number of methoxy groups -OCH3 is 1. The zero-order valence-electron chi connectivity index (χ0n) is 16.0. The second-order valence-electron chi connectivity index (χ2n) is 8.14. The Hall–Kier alpha value is -3.16. The zero-order chi connectivity index (χ0) is 20.3. The number of fused-ring (bicyclic) bond motifs is 8. The number of carbonyl (C=O) groups is 1. The van der Waals surface area contributed by atoms with Crippen molar-refractivity contribution in [2.75, 3.05) is 18.6 Å². The van der Waals surface area contributed by atoms with E-state index >= 15 is 0 Å². The molecule has 3 aliphatic rings. The highest BCUT2D eigenvalue weighted by Gasteiger charge is 2.49. The van der Waals surface area contributed by atoms with Crippen LogP contribution in [0, 0.1) is 22.0 Å². The van der Waals surface area contributed by atoms with E-state index < -0.39 is 10.8 Å². The number of hydrogen-bond donors (Lipinski definition) is 0. The topological polar surface area (TPSA) is 94.7 Å². The fraction of sp³-hybridized carbons (Fsp3) is 0.429. The minimum absolute atomic E-state index is 0.00731. The number of carbonyl (C=O) groups excluding carboxylic acids is 1. The Kier molecular flexibility index (Phi) is 3.97. The Morgan fingerprint density at radius 2 is 2.07 bits per heavy atom. The van der Waals surface area contributed by atoms with Gasteiger partial charge in [-0.05, 0) is 36.5 Å². The predicted octanol–water partition coefficient (Wildman–Crippen LogP) is 2.09. The monoisotopic (exact) mass is 395 g/mol. The quantitative estimate of drug-likeness (QED) is 0.439. The number of ether oxygens (including phenoxy) is 1. The molecule has 4 atom stereocenters. The molecule has 0 saturated carbocycles. The number of nitro groups is 1. The van der Waals surface area contributed by atoms with Gasteiger partial charge in [0.1, 0.15) is 0 Å². The molecule has 0 spiro atoms. The van der Waals surface area contributed by atoms with Crippen LogP contribution in [0.3, 0.4) is 0 Å². The standard InChI is InChI=1S/C21H21N3O5/c1-29-21(26)16-9-12-8-15(24(27)28)5-6-18(12)23-10-13-7-14(20(16)23)11-22-17(13)3-2-4-19(22)25/h2-6,8,13-14,16,20H,7,9-11H2,1H3/t13-,14+,16+,20-/m1/s1. The molecule has 4 heterocycles. The van der Waals surface area contributed by atoms with Crippen LogP contribution < -0.4 is 10.5 Å². The first-order valence-electron chi connectivity index (χ1n) is 9.79. The van der Waals surface area contributed by atoms with Crippen LogP contribution in [0.5, 0.6) is 0 Å². The van der Waals surface area contributed by atoms with Gasteiger partial charge in [-0.15, -0.1) is 0 Å². The Morgan fingerprint density at radius 1 is 1.24 bits per heavy atom. The molecule has 1 aromatic carbocycles. The third-order valence-electron chi connectivity index (χ3n) is 6.71. The summed E-state index contributed by atoms with van der Waals surface area (Å²) in [7, 11) is 1.38. The molecular formula is C21H21N3O5. The molecule has 29 heavy (non-hydrogen) atoms. The number of esters is 1. The second-order valence-corrected chi connectivity index (χ2v) is 8.14. The van der Waals surface area contributed by atoms with E-state index in [0.29, 0.717) is 19.5 Å². The van der Waals surface area contributed by atoms with E-state index in [-0.39, 0.29) is 35.1 Å². The Labute approximate surface area is 166 Å². The number of nitrogens with zero attached hydrogens (tertiary/aromatic N) is 3. The first-order valence-corrected chi connectivity index (χ1v) is 9.79. The molecule has 0 unspecified atom stereocenters. The molecule has 1 saturated heterocycles. The molecule has 150 valence electrons. The summed E-state index contributed by atoms with van der Waals surface area (Å²) >= 11 is 0. The molecule has 8 heteroatoms. The molecule has 1 aromatic heterocycles. The van der Waals surface area contributed by atoms with Gasteiger partial charge in [0.2, 0.25) is 0 Å². The van der Waals surface area contributed by atoms with E-state index in [1.807, 2.05) is 10.6 Å². The van der Waals surface area contributed by atoms with E-state index in [0.717, 1.165) is 23.4 Å². The molecule has 0 amide bonds. The minimum Gasteiger partial charge on any atom is -0.469 e. The van der Waals surface area contributed by atoms with Gasteiger partial charge in [0.15, 0.2) is 0 Å². The average molecular weight is 395 g/mol. The first kappa shape index (κ1) is 17.9. The van der Waals surface area contributed by atoms with Gasteiger partial charge in [-0.25, -0.2) is 0 Å². The minimum atomic E-state index is -0.415. The molecule has 0 radical (unpaired) electrons. The number of hydrogen-bond acceptors (Lipinski definition) is 6. The Balaban J connectivity index is 1.63. The maximum atomic E-state index is 12.7. The largest absolute Gasteiger partial charge is 0.469 e. The lowest BCUT2D eigenvalue weighted by Crippen LogP contribution is -2.60. The summed E-state index contributed by atoms with van der Waals surface area (Å²) in [5, 5.41) is 11.2. The molecular weight excluding hydrogens is 374 g/mol. The van der Waals surface area contributed by atoms with Crippen LogP contribution in [0.15, 0.2) is 41.2 Å². The number of pyridine rings is 1. The van der Waals surface area contributed by atoms with Crippen molar-refractivity contribution in [1.29, 1.82) is 0 Å². The van der Waals surface area contributed by atoms with E-state index in [2.05, 4.69) is 4.90 Å². The lowest BCUT2D eigenvalue weighted by Gasteiger charge is -2.53. The summed E-state index contributed by atoms with van der Waals surface area (Å²) in [4.78, 5) is 38.1. The van der Waals surface area contributed by atoms with Crippen LogP contribution in [-0.4, -0.2) is 35.2 Å². The van der Waals surface area contributed by atoms with Gasteiger partial charge in [0, 0.05) is 54.6 Å². The zero-order valence-corrected chi connectivity index (χ0v) is 16.0. The Morgan fingerprint density at radius 3 is 2.83 bits per heavy atom. The normalized spacial score (nSPS) is 26.7. The van der Waals surface area contributed by atoms with Crippen LogP contribution in [0.1, 0.15) is 23.6 Å². The van der Waals surface area contributed by atoms with Crippen molar-refractivity contribution in [2.45, 2.75) is 31.3 Å². The van der Waals surface area contributed by atoms with Gasteiger partial charge in [0.25, 0.3) is 11.2 Å². The molecule has 1 fully saturated rings. The first-order chi connectivity index (χ1) is 14.0. The van der Waals surface area contributed by atoms with Crippen LogP contribution >= 0.6 is 0 Å². The third-order valence-corrected chi connectivity index (χ3v) is 6.71. The van der Waals surface area contributed by atoms with Gasteiger partial charge < -0.3 is 14.2 Å². The van der Waals surface area contributed by atoms with E-state index in [1.54, 1.807) is 24.3 Å².